The number of nitrogens with two attached hydrogens (primary N) is 1. The van der Waals surface area contributed by atoms with Crippen molar-refractivity contribution in [3.8, 4) is 17.4 Å². The van der Waals surface area contributed by atoms with Gasteiger partial charge in [0, 0.05) is 11.1 Å². The van der Waals surface area contributed by atoms with Crippen LogP contribution in [0, 0.1) is 5.82 Å². The van der Waals surface area contributed by atoms with Crippen molar-refractivity contribution in [1.29, 1.82) is 0 Å². The molecule has 106 valence electrons. The molecule has 0 aliphatic heterocycles. The van der Waals surface area contributed by atoms with E-state index in [1.165, 1.54) is 6.07 Å². The van der Waals surface area contributed by atoms with E-state index in [-0.39, 0.29) is 28.2 Å². The van der Waals surface area contributed by atoms with Crippen molar-refractivity contribution in [3.05, 3.63) is 34.1 Å². The Hall–Kier alpha value is -1.88. The Balaban J connectivity index is 2.25. The van der Waals surface area contributed by atoms with E-state index in [1.54, 1.807) is 0 Å². The molecule has 0 bridgehead atoms. The number of benzene rings is 1. The lowest BCUT2D eigenvalue weighted by Gasteiger charge is -2.10. The average Bonchev–Trinajstić information content (AvgIpc) is 2.68. The van der Waals surface area contributed by atoms with Crippen molar-refractivity contribution in [2.45, 2.75) is 25.7 Å². The molecule has 0 saturated carbocycles. The molecule has 1 aromatic heterocycles. The summed E-state index contributed by atoms with van der Waals surface area (Å²) in [5.74, 6) is -0.905. The number of hydrogen-bond donors (Lipinski definition) is 3. The van der Waals surface area contributed by atoms with E-state index >= 15 is 0 Å². The molecule has 0 atom stereocenters. The monoisotopic (exact) mass is 296 g/mol. The number of anilines is 1. The van der Waals surface area contributed by atoms with Crippen LogP contribution in [-0.2, 0) is 12.8 Å². The molecule has 1 aromatic carbocycles. The Kier molecular flexibility index (Phi) is 3.01. The fourth-order valence-corrected chi connectivity index (χ4v) is 2.87. The summed E-state index contributed by atoms with van der Waals surface area (Å²) in [6.07, 6.45) is 3.23. The quantitative estimate of drug-likeness (QED) is 0.708. The summed E-state index contributed by atoms with van der Waals surface area (Å²) in [5.41, 5.74) is 7.22. The fraction of sp³-hybridized carbons (Fsp3) is 0.286. The van der Waals surface area contributed by atoms with E-state index in [2.05, 4.69) is 0 Å². The molecule has 20 heavy (non-hydrogen) atoms. The maximum atomic E-state index is 14.1. The molecule has 4 nitrogen and oxygen atoms in total. The summed E-state index contributed by atoms with van der Waals surface area (Å²) in [4.78, 5) is 0. The van der Waals surface area contributed by atoms with Crippen LogP contribution in [0.2, 0.25) is 5.02 Å². The smallest absolute Gasteiger partial charge is 0.202 e. The third-order valence-electron chi connectivity index (χ3n) is 3.74. The average molecular weight is 297 g/mol. The second-order valence-electron chi connectivity index (χ2n) is 4.97. The van der Waals surface area contributed by atoms with E-state index in [9.17, 15) is 14.6 Å². The molecule has 0 fully saturated rings. The summed E-state index contributed by atoms with van der Waals surface area (Å²) in [6, 6.07) is 2.38. The first-order valence-electron chi connectivity index (χ1n) is 6.40. The Morgan fingerprint density at radius 2 is 1.65 bits per heavy atom. The van der Waals surface area contributed by atoms with Gasteiger partial charge in [-0.1, -0.05) is 11.6 Å². The lowest BCUT2D eigenvalue weighted by molar-refractivity contribution is 0.396. The van der Waals surface area contributed by atoms with Crippen molar-refractivity contribution in [2.75, 3.05) is 5.73 Å². The van der Waals surface area contributed by atoms with Crippen molar-refractivity contribution < 1.29 is 14.6 Å². The Bertz CT molecular complexity index is 668. The predicted molar refractivity (Wildman–Crippen MR) is 75.1 cm³/mol. The second-order valence-corrected chi connectivity index (χ2v) is 5.38. The third kappa shape index (κ3) is 1.81. The third-order valence-corrected chi connectivity index (χ3v) is 4.07. The first kappa shape index (κ1) is 13.1. The summed E-state index contributed by atoms with van der Waals surface area (Å²) >= 11 is 5.75. The fourth-order valence-electron chi connectivity index (χ4n) is 2.72. The zero-order valence-corrected chi connectivity index (χ0v) is 11.4. The van der Waals surface area contributed by atoms with Crippen LogP contribution in [0.15, 0.2) is 12.1 Å². The Labute approximate surface area is 120 Å². The van der Waals surface area contributed by atoms with Crippen LogP contribution in [0.5, 0.6) is 11.8 Å². The maximum absolute atomic E-state index is 14.1. The normalized spacial score (nSPS) is 14.3. The molecule has 6 heteroatoms. The summed E-state index contributed by atoms with van der Waals surface area (Å²) in [7, 11) is 0. The van der Waals surface area contributed by atoms with Crippen molar-refractivity contribution in [1.82, 2.24) is 4.57 Å². The van der Waals surface area contributed by atoms with Crippen LogP contribution in [0.4, 0.5) is 10.1 Å². The summed E-state index contributed by atoms with van der Waals surface area (Å²) < 4.78 is 15.2. The van der Waals surface area contributed by atoms with Crippen molar-refractivity contribution >= 4 is 17.3 Å². The molecule has 1 aliphatic carbocycles. The van der Waals surface area contributed by atoms with E-state index in [0.717, 1.165) is 23.5 Å². The molecule has 0 unspecified atom stereocenters. The number of rotatable bonds is 1. The van der Waals surface area contributed by atoms with Gasteiger partial charge >= 0.3 is 0 Å². The highest BCUT2D eigenvalue weighted by atomic mass is 35.5. The van der Waals surface area contributed by atoms with Gasteiger partial charge in [0.1, 0.15) is 5.82 Å². The van der Waals surface area contributed by atoms with Crippen molar-refractivity contribution in [2.24, 2.45) is 0 Å². The van der Waals surface area contributed by atoms with Crippen molar-refractivity contribution in [3.63, 3.8) is 0 Å². The number of aromatic nitrogens is 1. The lowest BCUT2D eigenvalue weighted by Crippen LogP contribution is -1.99. The molecule has 0 radical (unpaired) electrons. The van der Waals surface area contributed by atoms with Gasteiger partial charge in [-0.05, 0) is 37.8 Å². The molecule has 0 saturated heterocycles. The van der Waals surface area contributed by atoms with Crippen LogP contribution < -0.4 is 5.73 Å². The molecular formula is C14H14ClFN2O2. The van der Waals surface area contributed by atoms with Gasteiger partial charge in [0.25, 0.3) is 0 Å². The first-order valence-corrected chi connectivity index (χ1v) is 6.77. The van der Waals surface area contributed by atoms with E-state index in [1.807, 2.05) is 0 Å². The minimum atomic E-state index is -0.651. The Morgan fingerprint density at radius 3 is 2.20 bits per heavy atom. The molecule has 3 rings (SSSR count). The second kappa shape index (κ2) is 4.59. The summed E-state index contributed by atoms with van der Waals surface area (Å²) in [5, 5.41) is 20.6. The molecule has 1 aliphatic rings. The molecule has 0 spiro atoms. The number of halogens is 2. The zero-order valence-electron chi connectivity index (χ0n) is 10.7. The van der Waals surface area contributed by atoms with Gasteiger partial charge in [0.15, 0.2) is 0 Å². The van der Waals surface area contributed by atoms with Crippen LogP contribution in [0.25, 0.3) is 5.69 Å². The highest BCUT2D eigenvalue weighted by Crippen LogP contribution is 2.42. The zero-order chi connectivity index (χ0) is 14.4. The molecular weight excluding hydrogens is 283 g/mol. The van der Waals surface area contributed by atoms with Gasteiger partial charge in [-0.25, -0.2) is 8.96 Å². The van der Waals surface area contributed by atoms with Crippen LogP contribution in [0.3, 0.4) is 0 Å². The van der Waals surface area contributed by atoms with Gasteiger partial charge in [0.2, 0.25) is 11.8 Å². The van der Waals surface area contributed by atoms with E-state index in [0.29, 0.717) is 24.0 Å². The lowest BCUT2D eigenvalue weighted by atomic mass is 9.95. The van der Waals surface area contributed by atoms with Crippen LogP contribution >= 0.6 is 11.6 Å². The topological polar surface area (TPSA) is 71.4 Å². The standard InChI is InChI=1S/C14H14ClFN2O2/c15-9-5-10(16)12(6-11(9)17)18-13(19)7-3-1-2-4-8(7)14(18)20/h5-6,19-20H,1-4,17H2. The predicted octanol–water partition coefficient (Wildman–Crippen LogP) is 3.14. The van der Waals surface area contributed by atoms with Gasteiger partial charge in [0.05, 0.1) is 16.4 Å². The van der Waals surface area contributed by atoms with Gasteiger partial charge in [-0.3, -0.25) is 0 Å². The highest BCUT2D eigenvalue weighted by Gasteiger charge is 2.26. The number of aromatic hydroxyl groups is 2. The minimum absolute atomic E-state index is 0.00343. The Morgan fingerprint density at radius 1 is 1.10 bits per heavy atom. The van der Waals surface area contributed by atoms with Gasteiger partial charge < -0.3 is 15.9 Å². The van der Waals surface area contributed by atoms with E-state index in [4.69, 9.17) is 17.3 Å². The maximum Gasteiger partial charge on any atom is 0.202 e. The van der Waals surface area contributed by atoms with Gasteiger partial charge in [-0.2, -0.15) is 0 Å². The number of fused-ring (bicyclic) bond motifs is 1. The minimum Gasteiger partial charge on any atom is -0.494 e. The summed E-state index contributed by atoms with van der Waals surface area (Å²) in [6.45, 7) is 0. The SMILES string of the molecule is Nc1cc(-n2c(O)c3c(c2O)CCCC3)c(F)cc1Cl. The van der Waals surface area contributed by atoms with Crippen LogP contribution in [-0.4, -0.2) is 14.8 Å². The number of nitrogens with zero attached hydrogens (tertiary/aromatic N) is 1. The first-order chi connectivity index (χ1) is 9.50. The molecule has 4 N–H and O–H groups in total. The molecule has 1 heterocycles. The number of hydrogen-bond acceptors (Lipinski definition) is 3. The van der Waals surface area contributed by atoms with Crippen LogP contribution in [0.1, 0.15) is 24.0 Å². The van der Waals surface area contributed by atoms with Gasteiger partial charge in [-0.15, -0.1) is 0 Å². The largest absolute Gasteiger partial charge is 0.494 e. The molecule has 2 aromatic rings. The van der Waals surface area contributed by atoms with E-state index < -0.39 is 5.82 Å². The molecule has 0 amide bonds. The highest BCUT2D eigenvalue weighted by molar-refractivity contribution is 6.33. The number of nitrogen functional groups attached to an aromatic ring is 1.